The Balaban J connectivity index is 2.31. The van der Waals surface area contributed by atoms with Crippen LogP contribution in [-0.4, -0.2) is 15.0 Å². The molecule has 1 fully saturated rings. The van der Waals surface area contributed by atoms with Gasteiger partial charge in [0, 0.05) is 5.92 Å². The zero-order valence-electron chi connectivity index (χ0n) is 7.83. The van der Waals surface area contributed by atoms with Crippen LogP contribution in [0, 0.1) is 0 Å². The van der Waals surface area contributed by atoms with Gasteiger partial charge in [-0.2, -0.15) is 0 Å². The first-order valence-electron chi connectivity index (χ1n) is 4.79. The van der Waals surface area contributed by atoms with Gasteiger partial charge in [0.2, 0.25) is 0 Å². The Hall–Kier alpha value is -1.42. The van der Waals surface area contributed by atoms with E-state index in [0.29, 0.717) is 22.0 Å². The van der Waals surface area contributed by atoms with Crippen LogP contribution in [0.1, 0.15) is 24.6 Å². The molecule has 0 saturated heterocycles. The molecule has 0 atom stereocenters. The molecule has 5 heteroatoms. The average Bonchev–Trinajstić information content (AvgIpc) is 3.02. The smallest absolute Gasteiger partial charge is 0.258 e. The quantitative estimate of drug-likeness (QED) is 0.748. The Bertz CT molecular complexity index is 589. The van der Waals surface area contributed by atoms with Crippen LogP contribution in [0.3, 0.4) is 0 Å². The van der Waals surface area contributed by atoms with Crippen molar-refractivity contribution < 1.29 is 0 Å². The molecule has 2 aromatic rings. The normalized spacial score (nSPS) is 15.8. The summed E-state index contributed by atoms with van der Waals surface area (Å²) < 4.78 is 0. The van der Waals surface area contributed by atoms with E-state index >= 15 is 0 Å². The number of aromatic nitrogens is 3. The van der Waals surface area contributed by atoms with Crippen molar-refractivity contribution in [1.82, 2.24) is 15.0 Å². The van der Waals surface area contributed by atoms with Crippen molar-refractivity contribution in [2.75, 3.05) is 0 Å². The second kappa shape index (κ2) is 3.03. The van der Waals surface area contributed by atoms with Crippen molar-refractivity contribution in [3.05, 3.63) is 33.6 Å². The minimum absolute atomic E-state index is 0.133. The number of hydrogen-bond acceptors (Lipinski definition) is 3. The topological polar surface area (TPSA) is 58.6 Å². The van der Waals surface area contributed by atoms with E-state index in [1.807, 2.05) is 0 Å². The van der Waals surface area contributed by atoms with E-state index < -0.39 is 0 Å². The summed E-state index contributed by atoms with van der Waals surface area (Å²) in [6.45, 7) is 0. The third-order valence-electron chi connectivity index (χ3n) is 2.54. The van der Waals surface area contributed by atoms with Gasteiger partial charge in [-0.3, -0.25) is 4.79 Å². The van der Waals surface area contributed by atoms with E-state index in [1.165, 1.54) is 0 Å². The van der Waals surface area contributed by atoms with Crippen molar-refractivity contribution in [1.29, 1.82) is 0 Å². The molecular weight excluding hydrogens is 214 g/mol. The molecule has 2 aromatic heterocycles. The lowest BCUT2D eigenvalue weighted by Crippen LogP contribution is -2.11. The molecule has 0 bridgehead atoms. The van der Waals surface area contributed by atoms with Crippen molar-refractivity contribution >= 4 is 22.5 Å². The van der Waals surface area contributed by atoms with E-state index in [0.717, 1.165) is 18.7 Å². The monoisotopic (exact) mass is 221 g/mol. The van der Waals surface area contributed by atoms with Gasteiger partial charge in [-0.15, -0.1) is 0 Å². The van der Waals surface area contributed by atoms with Crippen LogP contribution < -0.4 is 5.56 Å². The van der Waals surface area contributed by atoms with Gasteiger partial charge in [-0.1, -0.05) is 11.6 Å². The summed E-state index contributed by atoms with van der Waals surface area (Å²) in [6.07, 6.45) is 3.75. The number of rotatable bonds is 1. The van der Waals surface area contributed by atoms with Gasteiger partial charge < -0.3 is 4.98 Å². The Morgan fingerprint density at radius 3 is 3.00 bits per heavy atom. The van der Waals surface area contributed by atoms with E-state index in [9.17, 15) is 4.79 Å². The highest BCUT2D eigenvalue weighted by molar-refractivity contribution is 6.30. The number of H-pyrrole nitrogens is 1. The number of hydrogen-bond donors (Lipinski definition) is 1. The lowest BCUT2D eigenvalue weighted by atomic mass is 10.3. The van der Waals surface area contributed by atoms with Gasteiger partial charge >= 0.3 is 0 Å². The van der Waals surface area contributed by atoms with Crippen LogP contribution in [0.4, 0.5) is 0 Å². The van der Waals surface area contributed by atoms with Gasteiger partial charge in [0.1, 0.15) is 11.0 Å². The number of nitrogens with zero attached hydrogens (tertiary/aromatic N) is 2. The second-order valence-corrected chi connectivity index (χ2v) is 4.14. The molecule has 76 valence electrons. The third kappa shape index (κ3) is 1.51. The van der Waals surface area contributed by atoms with Crippen molar-refractivity contribution in [3.8, 4) is 0 Å². The molecule has 15 heavy (non-hydrogen) atoms. The predicted molar refractivity (Wildman–Crippen MR) is 57.1 cm³/mol. The summed E-state index contributed by atoms with van der Waals surface area (Å²) in [4.78, 5) is 22.8. The molecule has 1 N–H and O–H groups in total. The first-order chi connectivity index (χ1) is 7.24. The highest BCUT2D eigenvalue weighted by Gasteiger charge is 2.26. The molecule has 3 rings (SSSR count). The fourth-order valence-electron chi connectivity index (χ4n) is 1.59. The zero-order valence-corrected chi connectivity index (χ0v) is 8.58. The molecule has 4 nitrogen and oxygen atoms in total. The largest absolute Gasteiger partial charge is 0.310 e. The maximum atomic E-state index is 11.7. The van der Waals surface area contributed by atoms with Crippen LogP contribution in [0.5, 0.6) is 0 Å². The summed E-state index contributed by atoms with van der Waals surface area (Å²) in [6, 6.07) is 1.54. The number of aromatic amines is 1. The molecule has 1 saturated carbocycles. The molecule has 1 aliphatic carbocycles. The maximum Gasteiger partial charge on any atom is 0.258 e. The summed E-state index contributed by atoms with van der Waals surface area (Å²) in [7, 11) is 0. The van der Waals surface area contributed by atoms with Crippen LogP contribution in [-0.2, 0) is 0 Å². The Morgan fingerprint density at radius 2 is 2.27 bits per heavy atom. The molecule has 0 spiro atoms. The van der Waals surface area contributed by atoms with Crippen molar-refractivity contribution in [3.63, 3.8) is 0 Å². The van der Waals surface area contributed by atoms with E-state index in [-0.39, 0.29) is 5.56 Å². The molecule has 0 radical (unpaired) electrons. The van der Waals surface area contributed by atoms with Crippen LogP contribution >= 0.6 is 11.6 Å². The minimum atomic E-state index is -0.133. The third-order valence-corrected chi connectivity index (χ3v) is 2.75. The second-order valence-electron chi connectivity index (χ2n) is 3.75. The highest BCUT2D eigenvalue weighted by Crippen LogP contribution is 2.37. The molecule has 0 unspecified atom stereocenters. The van der Waals surface area contributed by atoms with E-state index in [4.69, 9.17) is 11.6 Å². The average molecular weight is 222 g/mol. The van der Waals surface area contributed by atoms with Crippen LogP contribution in [0.25, 0.3) is 10.9 Å². The van der Waals surface area contributed by atoms with E-state index in [2.05, 4.69) is 15.0 Å². The Morgan fingerprint density at radius 1 is 1.47 bits per heavy atom. The highest BCUT2D eigenvalue weighted by atomic mass is 35.5. The number of nitrogens with one attached hydrogen (secondary N) is 1. The van der Waals surface area contributed by atoms with Crippen molar-refractivity contribution in [2.24, 2.45) is 0 Å². The summed E-state index contributed by atoms with van der Waals surface area (Å²) in [5.41, 5.74) is 0.483. The maximum absolute atomic E-state index is 11.7. The minimum Gasteiger partial charge on any atom is -0.310 e. The molecule has 0 aliphatic heterocycles. The van der Waals surface area contributed by atoms with Crippen molar-refractivity contribution in [2.45, 2.75) is 18.8 Å². The van der Waals surface area contributed by atoms with Crippen LogP contribution in [0.2, 0.25) is 5.15 Å². The summed E-state index contributed by atoms with van der Waals surface area (Å²) in [5.74, 6) is 1.20. The molecular formula is C10H8ClN3O. The van der Waals surface area contributed by atoms with E-state index in [1.54, 1.807) is 12.3 Å². The predicted octanol–water partition coefficient (Wildman–Crippen LogP) is 1.85. The standard InChI is InChI=1S/C10H8ClN3O/c11-8-3-6-7(4-12-8)13-9(5-1-2-5)14-10(6)15/h3-5H,1-2H2,(H,13,14,15). The van der Waals surface area contributed by atoms with Gasteiger partial charge in [-0.25, -0.2) is 9.97 Å². The SMILES string of the molecule is O=c1[nH]c(C2CC2)nc2cnc(Cl)cc12. The van der Waals surface area contributed by atoms with Crippen LogP contribution in [0.15, 0.2) is 17.1 Å². The van der Waals surface area contributed by atoms with Gasteiger partial charge in [-0.05, 0) is 18.9 Å². The fraction of sp³-hybridized carbons (Fsp3) is 0.300. The fourth-order valence-corrected chi connectivity index (χ4v) is 1.74. The Labute approximate surface area is 90.3 Å². The Kier molecular flexibility index (Phi) is 1.79. The number of fused-ring (bicyclic) bond motifs is 1. The number of halogens is 1. The molecule has 0 aromatic carbocycles. The van der Waals surface area contributed by atoms with Gasteiger partial charge in [0.25, 0.3) is 5.56 Å². The van der Waals surface area contributed by atoms with Gasteiger partial charge in [0.15, 0.2) is 0 Å². The summed E-state index contributed by atoms with van der Waals surface area (Å²) >= 11 is 5.71. The van der Waals surface area contributed by atoms with Gasteiger partial charge in [0.05, 0.1) is 17.1 Å². The first kappa shape index (κ1) is 8.85. The lowest BCUT2D eigenvalue weighted by Gasteiger charge is -2.00. The molecule has 1 aliphatic rings. The number of pyridine rings is 1. The zero-order chi connectivity index (χ0) is 10.4. The molecule has 0 amide bonds. The summed E-state index contributed by atoms with van der Waals surface area (Å²) in [5, 5.41) is 0.813. The first-order valence-corrected chi connectivity index (χ1v) is 5.17. The lowest BCUT2D eigenvalue weighted by molar-refractivity contribution is 0.930. The molecule has 2 heterocycles.